The van der Waals surface area contributed by atoms with Crippen LogP contribution in [0.15, 0.2) is 0 Å². The summed E-state index contributed by atoms with van der Waals surface area (Å²) in [6.45, 7) is 2.72. The van der Waals surface area contributed by atoms with Crippen LogP contribution < -0.4 is 4.72 Å². The van der Waals surface area contributed by atoms with Crippen molar-refractivity contribution in [3.8, 4) is 0 Å². The molecule has 1 N–H and O–H groups in total. The molecule has 0 aromatic heterocycles. The largest absolute Gasteiger partial charge is 0.381 e. The molecular formula is C9H19NO3S. The van der Waals surface area contributed by atoms with Crippen LogP contribution in [0.4, 0.5) is 0 Å². The molecule has 0 bridgehead atoms. The Morgan fingerprint density at radius 1 is 1.36 bits per heavy atom. The third-order valence-electron chi connectivity index (χ3n) is 2.40. The minimum atomic E-state index is -3.11. The highest BCUT2D eigenvalue weighted by molar-refractivity contribution is 7.89. The van der Waals surface area contributed by atoms with E-state index in [4.69, 9.17) is 4.74 Å². The van der Waals surface area contributed by atoms with E-state index in [-0.39, 0.29) is 11.8 Å². The van der Waals surface area contributed by atoms with Crippen molar-refractivity contribution in [3.63, 3.8) is 0 Å². The van der Waals surface area contributed by atoms with Crippen molar-refractivity contribution in [3.05, 3.63) is 0 Å². The maximum atomic E-state index is 11.5. The monoisotopic (exact) mass is 221 g/mol. The van der Waals surface area contributed by atoms with Crippen LogP contribution in [0.1, 0.15) is 32.6 Å². The highest BCUT2D eigenvalue weighted by atomic mass is 32.2. The van der Waals surface area contributed by atoms with Gasteiger partial charge in [0.2, 0.25) is 10.0 Å². The molecule has 0 atom stereocenters. The summed E-state index contributed by atoms with van der Waals surface area (Å²) in [6.07, 6.45) is 4.24. The number of nitrogens with one attached hydrogen (secondary N) is 1. The van der Waals surface area contributed by atoms with Crippen molar-refractivity contribution >= 4 is 10.0 Å². The molecule has 0 amide bonds. The molecule has 0 aliphatic heterocycles. The standard InChI is InChI=1S/C9H19NO3S/c1-2-13-7-8-14(11,12)10-9-5-3-4-6-9/h9-10H,2-8H2,1H3. The number of ether oxygens (including phenoxy) is 1. The molecular weight excluding hydrogens is 202 g/mol. The van der Waals surface area contributed by atoms with Gasteiger partial charge in [-0.2, -0.15) is 0 Å². The van der Waals surface area contributed by atoms with Crippen molar-refractivity contribution in [2.75, 3.05) is 19.0 Å². The Balaban J connectivity index is 2.26. The van der Waals surface area contributed by atoms with E-state index in [0.29, 0.717) is 13.2 Å². The number of rotatable bonds is 6. The van der Waals surface area contributed by atoms with Crippen LogP contribution in [0.3, 0.4) is 0 Å². The molecule has 0 radical (unpaired) electrons. The predicted octanol–water partition coefficient (Wildman–Crippen LogP) is 0.885. The average Bonchev–Trinajstić information content (AvgIpc) is 2.56. The van der Waals surface area contributed by atoms with Crippen LogP contribution in [-0.4, -0.2) is 33.4 Å². The summed E-state index contributed by atoms with van der Waals surface area (Å²) in [5.41, 5.74) is 0. The van der Waals surface area contributed by atoms with Gasteiger partial charge in [-0.15, -0.1) is 0 Å². The van der Waals surface area contributed by atoms with Gasteiger partial charge in [0.15, 0.2) is 0 Å². The van der Waals surface area contributed by atoms with E-state index in [1.165, 1.54) is 0 Å². The first kappa shape index (κ1) is 11.9. The molecule has 0 aromatic rings. The van der Waals surface area contributed by atoms with Crippen LogP contribution in [0.2, 0.25) is 0 Å². The SMILES string of the molecule is CCOCCS(=O)(=O)NC1CCCC1. The summed E-state index contributed by atoms with van der Waals surface area (Å²) in [5.74, 6) is 0.0807. The first-order valence-corrected chi connectivity index (χ1v) is 6.87. The zero-order valence-corrected chi connectivity index (χ0v) is 9.48. The number of sulfonamides is 1. The molecule has 5 heteroatoms. The van der Waals surface area contributed by atoms with Crippen molar-refractivity contribution < 1.29 is 13.2 Å². The van der Waals surface area contributed by atoms with Crippen LogP contribution in [0, 0.1) is 0 Å². The minimum absolute atomic E-state index is 0.0807. The Labute approximate surface area is 86.1 Å². The van der Waals surface area contributed by atoms with E-state index < -0.39 is 10.0 Å². The first-order chi connectivity index (χ1) is 6.64. The summed E-state index contributed by atoms with van der Waals surface area (Å²) in [7, 11) is -3.11. The Kier molecular flexibility index (Phi) is 4.84. The second kappa shape index (κ2) is 5.68. The van der Waals surface area contributed by atoms with Gasteiger partial charge in [0.05, 0.1) is 12.4 Å². The van der Waals surface area contributed by atoms with Crippen molar-refractivity contribution in [1.82, 2.24) is 4.72 Å². The smallest absolute Gasteiger partial charge is 0.214 e. The molecule has 1 fully saturated rings. The van der Waals surface area contributed by atoms with E-state index in [2.05, 4.69) is 4.72 Å². The summed E-state index contributed by atoms with van der Waals surface area (Å²) in [6, 6.07) is 0.168. The Hall–Kier alpha value is -0.130. The van der Waals surface area contributed by atoms with Gasteiger partial charge < -0.3 is 4.74 Å². The molecule has 0 aromatic carbocycles. The van der Waals surface area contributed by atoms with Crippen molar-refractivity contribution in [1.29, 1.82) is 0 Å². The van der Waals surface area contributed by atoms with Gasteiger partial charge in [0, 0.05) is 12.6 Å². The van der Waals surface area contributed by atoms with Crippen LogP contribution in [0.5, 0.6) is 0 Å². The zero-order valence-electron chi connectivity index (χ0n) is 8.66. The van der Waals surface area contributed by atoms with E-state index in [1.807, 2.05) is 6.92 Å². The summed E-state index contributed by atoms with van der Waals surface area (Å²) >= 11 is 0. The van der Waals surface area contributed by atoms with Gasteiger partial charge in [0.25, 0.3) is 0 Å². The lowest BCUT2D eigenvalue weighted by Crippen LogP contribution is -2.35. The normalized spacial score (nSPS) is 18.9. The fourth-order valence-corrected chi connectivity index (χ4v) is 2.87. The van der Waals surface area contributed by atoms with Crippen LogP contribution in [0.25, 0.3) is 0 Å². The highest BCUT2D eigenvalue weighted by Gasteiger charge is 2.20. The molecule has 0 spiro atoms. The van der Waals surface area contributed by atoms with Crippen LogP contribution in [-0.2, 0) is 14.8 Å². The lowest BCUT2D eigenvalue weighted by molar-refractivity contribution is 0.163. The third-order valence-corrected chi connectivity index (χ3v) is 3.80. The van der Waals surface area contributed by atoms with Gasteiger partial charge in [-0.1, -0.05) is 12.8 Å². The molecule has 14 heavy (non-hydrogen) atoms. The first-order valence-electron chi connectivity index (χ1n) is 5.22. The van der Waals surface area contributed by atoms with E-state index in [0.717, 1.165) is 25.7 Å². The maximum absolute atomic E-state index is 11.5. The maximum Gasteiger partial charge on any atom is 0.214 e. The molecule has 84 valence electrons. The number of hydrogen-bond donors (Lipinski definition) is 1. The summed E-state index contributed by atoms with van der Waals surface area (Å²) < 4.78 is 30.7. The zero-order chi connectivity index (χ0) is 10.4. The van der Waals surface area contributed by atoms with E-state index in [1.54, 1.807) is 0 Å². The molecule has 1 saturated carbocycles. The Bertz CT molecular complexity index is 245. The van der Waals surface area contributed by atoms with Gasteiger partial charge >= 0.3 is 0 Å². The fourth-order valence-electron chi connectivity index (χ4n) is 1.67. The van der Waals surface area contributed by atoms with Gasteiger partial charge in [-0.25, -0.2) is 13.1 Å². The van der Waals surface area contributed by atoms with E-state index >= 15 is 0 Å². The minimum Gasteiger partial charge on any atom is -0.381 e. The third kappa shape index (κ3) is 4.39. The molecule has 1 rings (SSSR count). The summed E-state index contributed by atoms with van der Waals surface area (Å²) in [5, 5.41) is 0. The molecule has 0 heterocycles. The topological polar surface area (TPSA) is 55.4 Å². The van der Waals surface area contributed by atoms with Gasteiger partial charge in [0.1, 0.15) is 0 Å². The van der Waals surface area contributed by atoms with Gasteiger partial charge in [-0.3, -0.25) is 0 Å². The second-order valence-corrected chi connectivity index (χ2v) is 5.49. The number of hydrogen-bond acceptors (Lipinski definition) is 3. The molecule has 1 aliphatic rings. The van der Waals surface area contributed by atoms with Crippen molar-refractivity contribution in [2.24, 2.45) is 0 Å². The fraction of sp³-hybridized carbons (Fsp3) is 1.00. The Morgan fingerprint density at radius 2 is 2.00 bits per heavy atom. The van der Waals surface area contributed by atoms with Crippen molar-refractivity contribution in [2.45, 2.75) is 38.6 Å². The molecule has 0 unspecified atom stereocenters. The van der Waals surface area contributed by atoms with Gasteiger partial charge in [-0.05, 0) is 19.8 Å². The second-order valence-electron chi connectivity index (χ2n) is 3.62. The Morgan fingerprint density at radius 3 is 2.57 bits per heavy atom. The summed E-state index contributed by atoms with van der Waals surface area (Å²) in [4.78, 5) is 0. The predicted molar refractivity (Wildman–Crippen MR) is 55.7 cm³/mol. The van der Waals surface area contributed by atoms with E-state index in [9.17, 15) is 8.42 Å². The molecule has 4 nitrogen and oxygen atoms in total. The molecule has 0 saturated heterocycles. The average molecular weight is 221 g/mol. The van der Waals surface area contributed by atoms with Crippen LogP contribution >= 0.6 is 0 Å². The highest BCUT2D eigenvalue weighted by Crippen LogP contribution is 2.18. The lowest BCUT2D eigenvalue weighted by atomic mass is 10.3. The lowest BCUT2D eigenvalue weighted by Gasteiger charge is -2.12. The quantitative estimate of drug-likeness (QED) is 0.678. The molecule has 1 aliphatic carbocycles.